The van der Waals surface area contributed by atoms with Crippen LogP contribution in [0.15, 0.2) is 48.7 Å². The fraction of sp³-hybridized carbons (Fsp3) is 0.400. The summed E-state index contributed by atoms with van der Waals surface area (Å²) in [6.45, 7) is 5.99. The molecule has 0 amide bonds. The first-order valence-corrected chi connectivity index (χ1v) is 10.8. The summed E-state index contributed by atoms with van der Waals surface area (Å²) in [5, 5.41) is 0. The molecule has 33 heavy (non-hydrogen) atoms. The van der Waals surface area contributed by atoms with E-state index in [4.69, 9.17) is 23.7 Å². The number of hydrogen-bond acceptors (Lipinski definition) is 8. The van der Waals surface area contributed by atoms with Crippen LogP contribution in [-0.2, 0) is 18.9 Å². The van der Waals surface area contributed by atoms with Crippen LogP contribution in [0.4, 0.5) is 0 Å². The van der Waals surface area contributed by atoms with E-state index in [0.29, 0.717) is 5.88 Å². The molecule has 3 heterocycles. The number of esters is 1. The summed E-state index contributed by atoms with van der Waals surface area (Å²) in [6, 6.07) is 10.0. The van der Waals surface area contributed by atoms with Crippen LogP contribution in [0, 0.1) is 0 Å². The Morgan fingerprint density at radius 2 is 1.85 bits per heavy atom. The zero-order valence-corrected chi connectivity index (χ0v) is 19.0. The highest BCUT2D eigenvalue weighted by atomic mass is 16.8. The van der Waals surface area contributed by atoms with Gasteiger partial charge in [0.15, 0.2) is 11.6 Å². The molecule has 8 heteroatoms. The Kier molecular flexibility index (Phi) is 6.60. The van der Waals surface area contributed by atoms with Crippen molar-refractivity contribution in [3.05, 3.63) is 65.4 Å². The predicted octanol–water partition coefficient (Wildman–Crippen LogP) is 3.45. The maximum Gasteiger partial charge on any atom is 0.338 e. The Labute approximate surface area is 192 Å². The van der Waals surface area contributed by atoms with E-state index in [9.17, 15) is 9.59 Å². The molecule has 2 aliphatic heterocycles. The molecule has 0 N–H and O–H groups in total. The number of ether oxygens (including phenoxy) is 5. The first-order chi connectivity index (χ1) is 15.8. The Hall–Kier alpha value is -3.07. The summed E-state index contributed by atoms with van der Waals surface area (Å²) < 4.78 is 28.5. The number of aromatic nitrogens is 1. The minimum atomic E-state index is -0.645. The summed E-state index contributed by atoms with van der Waals surface area (Å²) in [5.41, 5.74) is 1.22. The molecule has 2 saturated heterocycles. The van der Waals surface area contributed by atoms with Crippen LogP contribution in [0.1, 0.15) is 47.1 Å². The van der Waals surface area contributed by atoms with Gasteiger partial charge >= 0.3 is 5.97 Å². The third-order valence-corrected chi connectivity index (χ3v) is 5.56. The van der Waals surface area contributed by atoms with E-state index in [0.717, 1.165) is 5.56 Å². The number of allylic oxidation sites excluding steroid dienone is 1. The molecule has 1 aromatic heterocycles. The van der Waals surface area contributed by atoms with Crippen molar-refractivity contribution in [1.82, 2.24) is 4.98 Å². The number of pyridine rings is 1. The maximum absolute atomic E-state index is 12.6. The Balaban J connectivity index is 1.40. The van der Waals surface area contributed by atoms with Crippen LogP contribution < -0.4 is 4.74 Å². The smallest absolute Gasteiger partial charge is 0.338 e. The molecule has 2 aromatic rings. The fourth-order valence-corrected chi connectivity index (χ4v) is 4.05. The number of benzene rings is 1. The molecule has 2 aliphatic rings. The van der Waals surface area contributed by atoms with Gasteiger partial charge in [-0.1, -0.05) is 24.3 Å². The van der Waals surface area contributed by atoms with Crippen LogP contribution in [-0.4, -0.2) is 60.7 Å². The predicted molar refractivity (Wildman–Crippen MR) is 119 cm³/mol. The summed E-state index contributed by atoms with van der Waals surface area (Å²) in [6.07, 6.45) is 3.95. The third kappa shape index (κ3) is 5.13. The first kappa shape index (κ1) is 23.1. The number of rotatable bonds is 7. The van der Waals surface area contributed by atoms with Crippen molar-refractivity contribution in [3.63, 3.8) is 0 Å². The van der Waals surface area contributed by atoms with E-state index in [1.165, 1.54) is 13.2 Å². The number of nitrogens with zero attached hydrogens (tertiary/aromatic N) is 1. The van der Waals surface area contributed by atoms with Crippen molar-refractivity contribution in [2.75, 3.05) is 13.7 Å². The van der Waals surface area contributed by atoms with Crippen molar-refractivity contribution >= 4 is 17.8 Å². The van der Waals surface area contributed by atoms with Crippen molar-refractivity contribution in [1.29, 1.82) is 0 Å². The second-order valence-corrected chi connectivity index (χ2v) is 8.42. The Morgan fingerprint density at radius 3 is 2.61 bits per heavy atom. The van der Waals surface area contributed by atoms with Gasteiger partial charge in [-0.3, -0.25) is 4.79 Å². The topological polar surface area (TPSA) is 93.2 Å². The monoisotopic (exact) mass is 453 g/mol. The second-order valence-electron chi connectivity index (χ2n) is 8.42. The molecule has 1 aromatic carbocycles. The molecule has 0 aliphatic carbocycles. The van der Waals surface area contributed by atoms with Crippen molar-refractivity contribution in [2.45, 2.75) is 51.0 Å². The molecular weight excluding hydrogens is 426 g/mol. The van der Waals surface area contributed by atoms with Crippen LogP contribution >= 0.6 is 0 Å². The van der Waals surface area contributed by atoms with E-state index in [-0.39, 0.29) is 47.9 Å². The normalized spacial score (nSPS) is 25.7. The van der Waals surface area contributed by atoms with Gasteiger partial charge in [-0.25, -0.2) is 9.78 Å². The molecule has 2 fully saturated rings. The minimum Gasteiger partial charge on any atom is -0.475 e. The zero-order chi connectivity index (χ0) is 23.6. The highest BCUT2D eigenvalue weighted by Gasteiger charge is 2.53. The summed E-state index contributed by atoms with van der Waals surface area (Å²) in [5.74, 6) is -1.11. The zero-order valence-electron chi connectivity index (χ0n) is 19.0. The molecule has 0 radical (unpaired) electrons. The lowest BCUT2D eigenvalue weighted by atomic mass is 10.0. The lowest BCUT2D eigenvalue weighted by Gasteiger charge is -2.23. The molecule has 0 saturated carbocycles. The van der Waals surface area contributed by atoms with Gasteiger partial charge in [0.05, 0.1) is 18.8 Å². The Morgan fingerprint density at radius 1 is 1.12 bits per heavy atom. The summed E-state index contributed by atoms with van der Waals surface area (Å²) in [4.78, 5) is 28.8. The average molecular weight is 453 g/mol. The largest absolute Gasteiger partial charge is 0.475 e. The van der Waals surface area contributed by atoms with E-state index in [1.54, 1.807) is 48.7 Å². The van der Waals surface area contributed by atoms with Gasteiger partial charge in [0, 0.05) is 17.8 Å². The Bertz CT molecular complexity index is 1060. The first-order valence-electron chi connectivity index (χ1n) is 10.8. The van der Waals surface area contributed by atoms with E-state index in [2.05, 4.69) is 4.98 Å². The van der Waals surface area contributed by atoms with Crippen molar-refractivity contribution in [3.8, 4) is 5.88 Å². The van der Waals surface area contributed by atoms with Crippen LogP contribution in [0.25, 0.3) is 6.08 Å². The number of carbonyl (C=O) groups excluding carboxylic acids is 2. The number of ketones is 1. The summed E-state index contributed by atoms with van der Waals surface area (Å²) in [7, 11) is 1.28. The molecule has 0 spiro atoms. The van der Waals surface area contributed by atoms with Gasteiger partial charge in [0.1, 0.15) is 24.9 Å². The van der Waals surface area contributed by atoms with Crippen molar-refractivity contribution < 1.29 is 33.3 Å². The molecule has 174 valence electrons. The van der Waals surface area contributed by atoms with Crippen molar-refractivity contribution in [2.24, 2.45) is 0 Å². The van der Waals surface area contributed by atoms with Gasteiger partial charge < -0.3 is 23.7 Å². The average Bonchev–Trinajstić information content (AvgIpc) is 3.28. The quantitative estimate of drug-likeness (QED) is 0.358. The van der Waals surface area contributed by atoms with Crippen LogP contribution in [0.5, 0.6) is 5.88 Å². The third-order valence-electron chi connectivity index (χ3n) is 5.56. The SMILES string of the molecule is COC(=O)c1ccccc1C(=O)/C=C/c1ccnc(OC[C@H]2O[C@@H](C)[C@@H]3OC(C)(C)O[C@@H]32)c1. The molecule has 4 atom stereocenters. The summed E-state index contributed by atoms with van der Waals surface area (Å²) >= 11 is 0. The van der Waals surface area contributed by atoms with E-state index < -0.39 is 11.8 Å². The van der Waals surface area contributed by atoms with Gasteiger partial charge in [-0.2, -0.15) is 0 Å². The molecule has 8 nitrogen and oxygen atoms in total. The van der Waals surface area contributed by atoms with Crippen LogP contribution in [0.2, 0.25) is 0 Å². The lowest BCUT2D eigenvalue weighted by Crippen LogP contribution is -2.34. The molecular formula is C25H27NO7. The number of carbonyl (C=O) groups is 2. The highest BCUT2D eigenvalue weighted by molar-refractivity contribution is 6.12. The lowest BCUT2D eigenvalue weighted by molar-refractivity contribution is -0.187. The molecule has 4 rings (SSSR count). The van der Waals surface area contributed by atoms with Gasteiger partial charge in [-0.05, 0) is 44.5 Å². The van der Waals surface area contributed by atoms with Gasteiger partial charge in [0.2, 0.25) is 5.88 Å². The van der Waals surface area contributed by atoms with Gasteiger partial charge in [0.25, 0.3) is 0 Å². The fourth-order valence-electron chi connectivity index (χ4n) is 4.05. The molecule has 0 unspecified atom stereocenters. The van der Waals surface area contributed by atoms with E-state index in [1.807, 2.05) is 20.8 Å². The highest BCUT2D eigenvalue weighted by Crippen LogP contribution is 2.38. The van der Waals surface area contributed by atoms with E-state index >= 15 is 0 Å². The number of hydrogen-bond donors (Lipinski definition) is 0. The standard InChI is InChI=1S/C25H27NO7/c1-15-22-23(33-25(2,3)32-22)20(31-15)14-30-21-13-16(11-12-26-21)9-10-19(27)17-7-5-6-8-18(17)24(28)29-4/h5-13,15,20,22-23H,14H2,1-4H3/b10-9+/t15-,20+,22-,23+/m0/s1. The minimum absolute atomic E-state index is 0.0912. The second kappa shape index (κ2) is 9.43. The van der Waals surface area contributed by atoms with Gasteiger partial charge in [-0.15, -0.1) is 0 Å². The molecule has 0 bridgehead atoms. The number of fused-ring (bicyclic) bond motifs is 1. The maximum atomic E-state index is 12.6. The number of methoxy groups -OCH3 is 1. The van der Waals surface area contributed by atoms with Crippen LogP contribution in [0.3, 0.4) is 0 Å².